The molecule has 1 saturated heterocycles. The van der Waals surface area contributed by atoms with Gasteiger partial charge < -0.3 is 0 Å². The van der Waals surface area contributed by atoms with Crippen LogP contribution in [0.4, 0.5) is 0 Å². The molecule has 0 amide bonds. The molecule has 0 N–H and O–H groups in total. The van der Waals surface area contributed by atoms with E-state index in [1.54, 1.807) is 22.3 Å². The Morgan fingerprint density at radius 2 is 1.00 bits per heavy atom. The standard InChI is InChI=1S/C36H36Si/c1-5-24-23-37(33(24)22-36(2,3)4,34-29-18-10-6-14-25(29)26-15-7-11-19-30(26)34)35-31-20-12-8-16-27(31)28-17-9-13-21-32(28)35/h5-21,24,33-35H,1,22-23H2,2-4H3. The van der Waals surface area contributed by atoms with Crippen molar-refractivity contribution in [2.24, 2.45) is 11.3 Å². The maximum absolute atomic E-state index is 4.38. The van der Waals surface area contributed by atoms with Gasteiger partial charge in [0.1, 0.15) is 0 Å². The lowest BCUT2D eigenvalue weighted by atomic mass is 9.86. The average Bonchev–Trinajstić information content (AvgIpc) is 3.42. The zero-order chi connectivity index (χ0) is 25.4. The minimum Gasteiger partial charge on any atom is -0.103 e. The highest BCUT2D eigenvalue weighted by atomic mass is 28.3. The van der Waals surface area contributed by atoms with E-state index >= 15 is 0 Å². The summed E-state index contributed by atoms with van der Waals surface area (Å²) in [6.07, 6.45) is 3.57. The summed E-state index contributed by atoms with van der Waals surface area (Å²) in [5, 5.41) is 0. The summed E-state index contributed by atoms with van der Waals surface area (Å²) in [6.45, 7) is 11.7. The van der Waals surface area contributed by atoms with Gasteiger partial charge in [-0.25, -0.2) is 0 Å². The second-order valence-corrected chi connectivity index (χ2v) is 17.3. The Balaban J connectivity index is 1.54. The summed E-state index contributed by atoms with van der Waals surface area (Å²) in [7, 11) is -2.08. The zero-order valence-electron chi connectivity index (χ0n) is 22.2. The molecule has 7 rings (SSSR count). The molecule has 4 aromatic rings. The highest BCUT2D eigenvalue weighted by molar-refractivity contribution is 6.88. The highest BCUT2D eigenvalue weighted by Gasteiger charge is 2.66. The van der Waals surface area contributed by atoms with E-state index in [0.717, 1.165) is 0 Å². The van der Waals surface area contributed by atoms with Gasteiger partial charge in [-0.3, -0.25) is 0 Å². The van der Waals surface area contributed by atoms with Crippen LogP contribution in [0.15, 0.2) is 110 Å². The first-order chi connectivity index (χ1) is 17.9. The second kappa shape index (κ2) is 8.17. The van der Waals surface area contributed by atoms with Crippen molar-refractivity contribution in [2.75, 3.05) is 0 Å². The van der Waals surface area contributed by atoms with Crippen LogP contribution in [0.25, 0.3) is 22.3 Å². The Morgan fingerprint density at radius 3 is 1.32 bits per heavy atom. The van der Waals surface area contributed by atoms with Crippen LogP contribution in [0, 0.1) is 11.3 Å². The van der Waals surface area contributed by atoms with Crippen LogP contribution in [0.5, 0.6) is 0 Å². The predicted molar refractivity (Wildman–Crippen MR) is 160 cm³/mol. The molecule has 0 bridgehead atoms. The fraction of sp³-hybridized carbons (Fsp3) is 0.278. The molecular weight excluding hydrogens is 460 g/mol. The third-order valence-electron chi connectivity index (χ3n) is 9.67. The van der Waals surface area contributed by atoms with Crippen LogP contribution >= 0.6 is 0 Å². The fourth-order valence-corrected chi connectivity index (χ4v) is 16.6. The van der Waals surface area contributed by atoms with E-state index in [-0.39, 0.29) is 5.41 Å². The Kier molecular flexibility index (Phi) is 5.07. The lowest BCUT2D eigenvalue weighted by molar-refractivity contribution is 0.316. The van der Waals surface area contributed by atoms with Crippen molar-refractivity contribution in [3.8, 4) is 22.3 Å². The third-order valence-corrected chi connectivity index (χ3v) is 16.3. The molecule has 184 valence electrons. The maximum atomic E-state index is 4.38. The average molecular weight is 497 g/mol. The first-order valence-electron chi connectivity index (χ1n) is 13.9. The number of hydrogen-bond acceptors (Lipinski definition) is 0. The van der Waals surface area contributed by atoms with Gasteiger partial charge in [-0.15, -0.1) is 6.58 Å². The third kappa shape index (κ3) is 3.20. The SMILES string of the molecule is C=CC1C[Si](C2c3ccccc3-c3ccccc32)(C2c3ccccc3-c3ccccc32)C1CC(C)(C)C. The smallest absolute Gasteiger partial charge is 0.0832 e. The summed E-state index contributed by atoms with van der Waals surface area (Å²) >= 11 is 0. The Morgan fingerprint density at radius 1 is 0.649 bits per heavy atom. The molecule has 2 atom stereocenters. The molecule has 2 unspecified atom stereocenters. The van der Waals surface area contributed by atoms with E-state index in [9.17, 15) is 0 Å². The van der Waals surface area contributed by atoms with Crippen molar-refractivity contribution >= 4 is 8.07 Å². The summed E-state index contributed by atoms with van der Waals surface area (Å²) in [4.78, 5) is 0. The van der Waals surface area contributed by atoms with Gasteiger partial charge in [0.05, 0.1) is 8.07 Å². The van der Waals surface area contributed by atoms with Gasteiger partial charge in [-0.05, 0) is 73.8 Å². The van der Waals surface area contributed by atoms with Crippen molar-refractivity contribution in [3.05, 3.63) is 132 Å². The van der Waals surface area contributed by atoms with E-state index in [1.807, 2.05) is 0 Å². The molecule has 4 aromatic carbocycles. The molecule has 0 aromatic heterocycles. The Hall–Kier alpha value is -3.16. The molecule has 1 aliphatic heterocycles. The topological polar surface area (TPSA) is 0 Å². The fourth-order valence-electron chi connectivity index (χ4n) is 8.49. The quantitative estimate of drug-likeness (QED) is 0.195. The number of benzene rings is 4. The molecule has 2 aliphatic carbocycles. The van der Waals surface area contributed by atoms with Crippen LogP contribution in [-0.2, 0) is 0 Å². The molecule has 0 nitrogen and oxygen atoms in total. The van der Waals surface area contributed by atoms with E-state index < -0.39 is 8.07 Å². The first-order valence-corrected chi connectivity index (χ1v) is 16.4. The second-order valence-electron chi connectivity index (χ2n) is 12.8. The van der Waals surface area contributed by atoms with E-state index in [2.05, 4.69) is 130 Å². The van der Waals surface area contributed by atoms with Gasteiger partial charge in [-0.2, -0.15) is 0 Å². The van der Waals surface area contributed by atoms with Crippen LogP contribution < -0.4 is 0 Å². The van der Waals surface area contributed by atoms with E-state index in [1.165, 1.54) is 34.7 Å². The Bertz CT molecular complexity index is 1330. The van der Waals surface area contributed by atoms with Crippen LogP contribution in [-0.4, -0.2) is 8.07 Å². The molecule has 1 heterocycles. The number of rotatable bonds is 4. The van der Waals surface area contributed by atoms with Crippen LogP contribution in [0.3, 0.4) is 0 Å². The molecule has 1 heteroatoms. The van der Waals surface area contributed by atoms with Crippen molar-refractivity contribution < 1.29 is 0 Å². The number of fused-ring (bicyclic) bond motifs is 6. The summed E-state index contributed by atoms with van der Waals surface area (Å²) in [6, 6.07) is 38.6. The highest BCUT2D eigenvalue weighted by Crippen LogP contribution is 2.70. The van der Waals surface area contributed by atoms with Gasteiger partial charge in [0.2, 0.25) is 0 Å². The molecular formula is C36H36Si. The monoisotopic (exact) mass is 496 g/mol. The predicted octanol–water partition coefficient (Wildman–Crippen LogP) is 9.76. The van der Waals surface area contributed by atoms with Crippen molar-refractivity contribution in [3.63, 3.8) is 0 Å². The molecule has 0 saturated carbocycles. The number of allylic oxidation sites excluding steroid dienone is 1. The Labute approximate surface area is 223 Å². The summed E-state index contributed by atoms with van der Waals surface area (Å²) < 4.78 is 0. The minimum absolute atomic E-state index is 0.278. The van der Waals surface area contributed by atoms with Crippen molar-refractivity contribution in [1.29, 1.82) is 0 Å². The van der Waals surface area contributed by atoms with E-state index in [0.29, 0.717) is 22.5 Å². The molecule has 3 aliphatic rings. The minimum atomic E-state index is -2.08. The zero-order valence-corrected chi connectivity index (χ0v) is 23.2. The van der Waals surface area contributed by atoms with Gasteiger partial charge >= 0.3 is 0 Å². The van der Waals surface area contributed by atoms with Crippen molar-refractivity contribution in [2.45, 2.75) is 49.9 Å². The summed E-state index contributed by atoms with van der Waals surface area (Å²) in [5.74, 6) is 0.603. The normalized spacial score (nSPS) is 21.5. The van der Waals surface area contributed by atoms with Gasteiger partial charge in [0.25, 0.3) is 0 Å². The lowest BCUT2D eigenvalue weighted by Gasteiger charge is -2.61. The lowest BCUT2D eigenvalue weighted by Crippen LogP contribution is -2.62. The van der Waals surface area contributed by atoms with Crippen molar-refractivity contribution in [1.82, 2.24) is 0 Å². The largest absolute Gasteiger partial charge is 0.103 e. The molecule has 0 radical (unpaired) electrons. The number of hydrogen-bond donors (Lipinski definition) is 0. The molecule has 0 spiro atoms. The van der Waals surface area contributed by atoms with E-state index in [4.69, 9.17) is 0 Å². The first kappa shape index (κ1) is 23.0. The van der Waals surface area contributed by atoms with Gasteiger partial charge in [-0.1, -0.05) is 124 Å². The van der Waals surface area contributed by atoms with Gasteiger partial charge in [0.15, 0.2) is 0 Å². The maximum Gasteiger partial charge on any atom is 0.0832 e. The van der Waals surface area contributed by atoms with Crippen LogP contribution in [0.1, 0.15) is 60.5 Å². The van der Waals surface area contributed by atoms with Gasteiger partial charge in [0, 0.05) is 11.1 Å². The molecule has 37 heavy (non-hydrogen) atoms. The molecule has 1 fully saturated rings. The van der Waals surface area contributed by atoms with Crippen LogP contribution in [0.2, 0.25) is 11.6 Å². The summed E-state index contributed by atoms with van der Waals surface area (Å²) in [5.41, 5.74) is 14.2.